The molecule has 0 radical (unpaired) electrons. The molecule has 25 heavy (non-hydrogen) atoms. The van der Waals surface area contributed by atoms with Gasteiger partial charge in [-0.05, 0) is 54.8 Å². The van der Waals surface area contributed by atoms with Crippen LogP contribution in [0.25, 0.3) is 6.08 Å². The molecule has 4 heteroatoms. The molecule has 0 saturated carbocycles. The van der Waals surface area contributed by atoms with Crippen LogP contribution in [0.1, 0.15) is 34.3 Å². The minimum Gasteiger partial charge on any atom is -0.496 e. The van der Waals surface area contributed by atoms with E-state index in [1.54, 1.807) is 36.3 Å². The summed E-state index contributed by atoms with van der Waals surface area (Å²) in [4.78, 5) is 26.1. The molecule has 1 aliphatic rings. The molecule has 1 amide bonds. The average molecular weight is 335 g/mol. The van der Waals surface area contributed by atoms with Crippen LogP contribution >= 0.6 is 0 Å². The molecule has 4 nitrogen and oxygen atoms in total. The van der Waals surface area contributed by atoms with Gasteiger partial charge in [-0.2, -0.15) is 0 Å². The smallest absolute Gasteiger partial charge is 0.227 e. The molecule has 128 valence electrons. The summed E-state index contributed by atoms with van der Waals surface area (Å²) in [6.45, 7) is 2.69. The summed E-state index contributed by atoms with van der Waals surface area (Å²) >= 11 is 0. The first-order valence-corrected chi connectivity index (χ1v) is 8.36. The summed E-state index contributed by atoms with van der Waals surface area (Å²) in [6.07, 6.45) is 4.80. The van der Waals surface area contributed by atoms with E-state index in [0.29, 0.717) is 12.0 Å². The second kappa shape index (κ2) is 7.34. The summed E-state index contributed by atoms with van der Waals surface area (Å²) in [6, 6.07) is 13.0. The molecule has 3 rings (SSSR count). The van der Waals surface area contributed by atoms with Crippen molar-refractivity contribution in [2.45, 2.75) is 19.8 Å². The highest BCUT2D eigenvalue weighted by Gasteiger charge is 2.22. The zero-order valence-corrected chi connectivity index (χ0v) is 14.5. The Kier molecular flexibility index (Phi) is 4.98. The van der Waals surface area contributed by atoms with Gasteiger partial charge in [-0.1, -0.05) is 24.3 Å². The Morgan fingerprint density at radius 1 is 1.20 bits per heavy atom. The molecule has 2 aromatic rings. The number of aryl methyl sites for hydroxylation is 1. The molecule has 1 fully saturated rings. The molecule has 0 aliphatic carbocycles. The van der Waals surface area contributed by atoms with E-state index in [9.17, 15) is 9.59 Å². The number of anilines is 1. The van der Waals surface area contributed by atoms with Gasteiger partial charge in [-0.15, -0.1) is 0 Å². The number of benzene rings is 2. The van der Waals surface area contributed by atoms with E-state index in [1.165, 1.54) is 0 Å². The van der Waals surface area contributed by atoms with Gasteiger partial charge in [-0.3, -0.25) is 9.59 Å². The van der Waals surface area contributed by atoms with Gasteiger partial charge < -0.3 is 9.64 Å². The monoisotopic (exact) mass is 335 g/mol. The molecule has 0 N–H and O–H groups in total. The highest BCUT2D eigenvalue weighted by molar-refractivity contribution is 6.08. The second-order valence-electron chi connectivity index (χ2n) is 6.13. The van der Waals surface area contributed by atoms with E-state index >= 15 is 0 Å². The summed E-state index contributed by atoms with van der Waals surface area (Å²) in [5.41, 5.74) is 3.34. The lowest BCUT2D eigenvalue weighted by atomic mass is 10.1. The second-order valence-corrected chi connectivity index (χ2v) is 6.13. The van der Waals surface area contributed by atoms with Crippen molar-refractivity contribution in [1.82, 2.24) is 0 Å². The Balaban J connectivity index is 1.77. The Labute approximate surface area is 147 Å². The first kappa shape index (κ1) is 17.0. The van der Waals surface area contributed by atoms with Crippen LogP contribution in [-0.4, -0.2) is 25.3 Å². The molecule has 0 bridgehead atoms. The lowest BCUT2D eigenvalue weighted by molar-refractivity contribution is -0.117. The fraction of sp³-hybridized carbons (Fsp3) is 0.238. The Morgan fingerprint density at radius 2 is 2.04 bits per heavy atom. The van der Waals surface area contributed by atoms with Crippen LogP contribution in [0.5, 0.6) is 5.75 Å². The number of nitrogens with zero attached hydrogens (tertiary/aromatic N) is 1. The van der Waals surface area contributed by atoms with Crippen molar-refractivity contribution >= 4 is 23.5 Å². The quantitative estimate of drug-likeness (QED) is 0.612. The van der Waals surface area contributed by atoms with Gasteiger partial charge in [0.1, 0.15) is 5.75 Å². The van der Waals surface area contributed by atoms with E-state index in [1.807, 2.05) is 37.3 Å². The largest absolute Gasteiger partial charge is 0.496 e. The standard InChI is InChI=1S/C21H21NO3/c1-15-13-16(9-11-20(15)25-2)8-10-19(23)17-5-3-6-18(14-17)22-12-4-7-21(22)24/h3,5-6,8-11,13-14H,4,7,12H2,1-2H3. The van der Waals surface area contributed by atoms with Crippen molar-refractivity contribution in [2.24, 2.45) is 0 Å². The number of ether oxygens (including phenoxy) is 1. The number of allylic oxidation sites excluding steroid dienone is 1. The van der Waals surface area contributed by atoms with Crippen LogP contribution in [0.3, 0.4) is 0 Å². The number of carbonyl (C=O) groups is 2. The molecule has 0 unspecified atom stereocenters. The molecule has 2 aromatic carbocycles. The van der Waals surface area contributed by atoms with Crippen molar-refractivity contribution in [3.05, 3.63) is 65.2 Å². The van der Waals surface area contributed by atoms with Crippen LogP contribution in [0.4, 0.5) is 5.69 Å². The van der Waals surface area contributed by atoms with Gasteiger partial charge in [0, 0.05) is 24.2 Å². The topological polar surface area (TPSA) is 46.6 Å². The fourth-order valence-corrected chi connectivity index (χ4v) is 3.02. The van der Waals surface area contributed by atoms with E-state index in [-0.39, 0.29) is 11.7 Å². The first-order chi connectivity index (χ1) is 12.1. The average Bonchev–Trinajstić information content (AvgIpc) is 3.06. The fourth-order valence-electron chi connectivity index (χ4n) is 3.02. The highest BCUT2D eigenvalue weighted by atomic mass is 16.5. The van der Waals surface area contributed by atoms with E-state index in [2.05, 4.69) is 0 Å². The maximum Gasteiger partial charge on any atom is 0.227 e. The third-order valence-corrected chi connectivity index (χ3v) is 4.36. The molecular formula is C21H21NO3. The predicted octanol–water partition coefficient (Wildman–Crippen LogP) is 4.03. The van der Waals surface area contributed by atoms with Crippen molar-refractivity contribution in [3.8, 4) is 5.75 Å². The van der Waals surface area contributed by atoms with Gasteiger partial charge in [0.2, 0.25) is 5.91 Å². The number of ketones is 1. The molecule has 0 atom stereocenters. The zero-order valence-electron chi connectivity index (χ0n) is 14.5. The molecule has 0 spiro atoms. The number of amides is 1. The van der Waals surface area contributed by atoms with Crippen LogP contribution in [0.2, 0.25) is 0 Å². The predicted molar refractivity (Wildman–Crippen MR) is 99.1 cm³/mol. The number of rotatable bonds is 5. The molecule has 1 heterocycles. The van der Waals surface area contributed by atoms with Crippen molar-refractivity contribution < 1.29 is 14.3 Å². The minimum absolute atomic E-state index is 0.0815. The van der Waals surface area contributed by atoms with E-state index in [4.69, 9.17) is 4.74 Å². The van der Waals surface area contributed by atoms with E-state index < -0.39 is 0 Å². The third-order valence-electron chi connectivity index (χ3n) is 4.36. The van der Waals surface area contributed by atoms with E-state index in [0.717, 1.165) is 35.5 Å². The summed E-state index contributed by atoms with van der Waals surface area (Å²) in [5.74, 6) is 0.863. The maximum absolute atomic E-state index is 12.5. The highest BCUT2D eigenvalue weighted by Crippen LogP contribution is 2.23. The van der Waals surface area contributed by atoms with Gasteiger partial charge >= 0.3 is 0 Å². The molecular weight excluding hydrogens is 314 g/mol. The van der Waals surface area contributed by atoms with Gasteiger partial charge in [0.25, 0.3) is 0 Å². The number of hydrogen-bond donors (Lipinski definition) is 0. The van der Waals surface area contributed by atoms with Crippen LogP contribution in [0.15, 0.2) is 48.5 Å². The van der Waals surface area contributed by atoms with Gasteiger partial charge in [0.05, 0.1) is 7.11 Å². The number of methoxy groups -OCH3 is 1. The van der Waals surface area contributed by atoms with Crippen molar-refractivity contribution in [1.29, 1.82) is 0 Å². The third kappa shape index (κ3) is 3.79. The summed E-state index contributed by atoms with van der Waals surface area (Å²) in [7, 11) is 1.64. The lowest BCUT2D eigenvalue weighted by Gasteiger charge is -2.16. The minimum atomic E-state index is -0.0815. The van der Waals surface area contributed by atoms with Crippen molar-refractivity contribution in [2.75, 3.05) is 18.6 Å². The molecule has 0 aromatic heterocycles. The molecule has 1 saturated heterocycles. The summed E-state index contributed by atoms with van der Waals surface area (Å²) < 4.78 is 5.24. The van der Waals surface area contributed by atoms with Crippen LogP contribution in [0, 0.1) is 6.92 Å². The zero-order chi connectivity index (χ0) is 17.8. The van der Waals surface area contributed by atoms with Gasteiger partial charge in [0.15, 0.2) is 5.78 Å². The van der Waals surface area contributed by atoms with Crippen LogP contribution < -0.4 is 9.64 Å². The normalized spacial score (nSPS) is 14.3. The first-order valence-electron chi connectivity index (χ1n) is 8.36. The SMILES string of the molecule is COc1ccc(C=CC(=O)c2cccc(N3CCCC3=O)c2)cc1C. The Bertz CT molecular complexity index is 839. The van der Waals surface area contributed by atoms with Crippen molar-refractivity contribution in [3.63, 3.8) is 0 Å². The Hall–Kier alpha value is -2.88. The molecule has 1 aliphatic heterocycles. The summed E-state index contributed by atoms with van der Waals surface area (Å²) in [5, 5.41) is 0. The van der Waals surface area contributed by atoms with Crippen LogP contribution in [-0.2, 0) is 4.79 Å². The van der Waals surface area contributed by atoms with Gasteiger partial charge in [-0.25, -0.2) is 0 Å². The maximum atomic E-state index is 12.5. The number of hydrogen-bond acceptors (Lipinski definition) is 3. The number of carbonyl (C=O) groups excluding carboxylic acids is 2. The lowest BCUT2D eigenvalue weighted by Crippen LogP contribution is -2.23. The Morgan fingerprint density at radius 3 is 2.72 bits per heavy atom.